The zero-order valence-corrected chi connectivity index (χ0v) is 18.8. The highest BCUT2D eigenvalue weighted by Gasteiger charge is 2.42. The molecule has 2 aromatic carbocycles. The number of benzene rings is 2. The molecule has 3 rings (SSSR count). The second-order valence-electron chi connectivity index (χ2n) is 7.32. The van der Waals surface area contributed by atoms with Gasteiger partial charge in [0.25, 0.3) is 5.91 Å². The Morgan fingerprint density at radius 2 is 1.79 bits per heavy atom. The molecule has 1 atom stereocenters. The number of amides is 1. The van der Waals surface area contributed by atoms with Crippen LogP contribution < -0.4 is 5.32 Å². The van der Waals surface area contributed by atoms with E-state index in [-0.39, 0.29) is 10.6 Å². The summed E-state index contributed by atoms with van der Waals surface area (Å²) in [5, 5.41) is 23.8. The van der Waals surface area contributed by atoms with Crippen molar-refractivity contribution < 1.29 is 35.9 Å². The summed E-state index contributed by atoms with van der Waals surface area (Å²) in [6.07, 6.45) is -5.33. The summed E-state index contributed by atoms with van der Waals surface area (Å²) in [7, 11) is -4.31. The minimum absolute atomic E-state index is 0.343. The Kier molecular flexibility index (Phi) is 7.11. The molecule has 0 spiro atoms. The maximum Gasteiger partial charge on any atom is 0.417 e. The van der Waals surface area contributed by atoms with Crippen LogP contribution in [0.15, 0.2) is 64.9 Å². The van der Waals surface area contributed by atoms with Crippen molar-refractivity contribution in [2.75, 3.05) is 11.1 Å². The fourth-order valence-corrected chi connectivity index (χ4v) is 5.53. The number of aliphatic hydroxyl groups is 1. The molecular weight excluding hydrogens is 496 g/mol. The second-order valence-corrected chi connectivity index (χ2v) is 10.3. The van der Waals surface area contributed by atoms with Crippen LogP contribution in [-0.2, 0) is 27.2 Å². The lowest BCUT2D eigenvalue weighted by molar-refractivity contribution is -0.138. The molecule has 0 saturated heterocycles. The number of rotatable bonds is 7. The van der Waals surface area contributed by atoms with E-state index in [2.05, 4.69) is 5.32 Å². The van der Waals surface area contributed by atoms with Crippen LogP contribution in [0.1, 0.15) is 16.0 Å². The zero-order valence-electron chi connectivity index (χ0n) is 17.1. The molecule has 0 fully saturated rings. The van der Waals surface area contributed by atoms with Gasteiger partial charge >= 0.3 is 6.18 Å². The fraction of sp³-hybridized carbons (Fsp3) is 0.182. The topological polar surface area (TPSA) is 107 Å². The van der Waals surface area contributed by atoms with Crippen molar-refractivity contribution in [2.45, 2.75) is 23.1 Å². The highest BCUT2D eigenvalue weighted by Crippen LogP contribution is 2.34. The first kappa shape index (κ1) is 25.4. The largest absolute Gasteiger partial charge is 0.417 e. The molecule has 3 aromatic rings. The summed E-state index contributed by atoms with van der Waals surface area (Å²) in [6, 6.07) is 10.7. The van der Waals surface area contributed by atoms with Crippen molar-refractivity contribution in [3.63, 3.8) is 0 Å². The van der Waals surface area contributed by atoms with Crippen LogP contribution in [-0.4, -0.2) is 30.8 Å². The van der Waals surface area contributed by atoms with Gasteiger partial charge in [0.15, 0.2) is 15.4 Å². The lowest BCUT2D eigenvalue weighted by Gasteiger charge is -2.26. The molecule has 0 aliphatic heterocycles. The van der Waals surface area contributed by atoms with Gasteiger partial charge in [0, 0.05) is 17.0 Å². The number of nitrogens with zero attached hydrogens (tertiary/aromatic N) is 1. The monoisotopic (exact) mass is 512 g/mol. The van der Waals surface area contributed by atoms with Crippen molar-refractivity contribution in [3.05, 3.63) is 81.8 Å². The lowest BCUT2D eigenvalue weighted by Crippen LogP contribution is -2.50. The van der Waals surface area contributed by atoms with Gasteiger partial charge in [-0.05, 0) is 53.9 Å². The predicted molar refractivity (Wildman–Crippen MR) is 116 cm³/mol. The summed E-state index contributed by atoms with van der Waals surface area (Å²) in [5.74, 6) is -3.06. The standard InChI is InChI=1S/C22H16F4N2O4S2/c23-15-4-7-18(8-5-15)34(31,32)13-21(30,11-17-2-1-9-33-17)20(29)28-16-6-3-14(12-27)19(10-16)22(24,25)26/h1-10,30H,11,13H2,(H,28,29)/t21-/m0/s1. The Balaban J connectivity index is 1.96. The summed E-state index contributed by atoms with van der Waals surface area (Å²) in [4.78, 5) is 13.1. The molecule has 1 heterocycles. The zero-order chi connectivity index (χ0) is 25.1. The summed E-state index contributed by atoms with van der Waals surface area (Å²) in [5.41, 5.74) is -4.93. The van der Waals surface area contributed by atoms with Crippen LogP contribution in [0.5, 0.6) is 0 Å². The van der Waals surface area contributed by atoms with Crippen molar-refractivity contribution in [1.29, 1.82) is 5.26 Å². The third kappa shape index (κ3) is 5.80. The highest BCUT2D eigenvalue weighted by molar-refractivity contribution is 7.91. The number of thiophene rings is 1. The molecule has 0 unspecified atom stereocenters. The first-order valence-electron chi connectivity index (χ1n) is 9.50. The molecule has 34 heavy (non-hydrogen) atoms. The van der Waals surface area contributed by atoms with Gasteiger partial charge < -0.3 is 10.4 Å². The van der Waals surface area contributed by atoms with Gasteiger partial charge in [-0.15, -0.1) is 11.3 Å². The smallest absolute Gasteiger partial charge is 0.379 e. The van der Waals surface area contributed by atoms with Gasteiger partial charge in [0.05, 0.1) is 27.8 Å². The number of carbonyl (C=O) groups is 1. The molecular formula is C22H16F4N2O4S2. The Morgan fingerprint density at radius 1 is 1.12 bits per heavy atom. The lowest BCUT2D eigenvalue weighted by atomic mass is 9.99. The summed E-state index contributed by atoms with van der Waals surface area (Å²) >= 11 is 1.14. The van der Waals surface area contributed by atoms with Crippen LogP contribution in [0.2, 0.25) is 0 Å². The first-order valence-corrected chi connectivity index (χ1v) is 12.0. The van der Waals surface area contributed by atoms with Crippen LogP contribution in [0.25, 0.3) is 0 Å². The minimum atomic E-state index is -4.88. The highest BCUT2D eigenvalue weighted by atomic mass is 32.2. The predicted octanol–water partition coefficient (Wildman–Crippen LogP) is 4.16. The molecule has 0 aliphatic carbocycles. The quantitative estimate of drug-likeness (QED) is 0.365. The van der Waals surface area contributed by atoms with Gasteiger partial charge in [-0.25, -0.2) is 12.8 Å². The van der Waals surface area contributed by atoms with E-state index in [1.807, 2.05) is 0 Å². The molecule has 6 nitrogen and oxygen atoms in total. The molecule has 0 radical (unpaired) electrons. The van der Waals surface area contributed by atoms with E-state index in [9.17, 15) is 35.9 Å². The van der Waals surface area contributed by atoms with Gasteiger partial charge in [0.1, 0.15) is 5.82 Å². The van der Waals surface area contributed by atoms with E-state index in [0.717, 1.165) is 47.7 Å². The van der Waals surface area contributed by atoms with Gasteiger partial charge in [-0.2, -0.15) is 18.4 Å². The van der Waals surface area contributed by atoms with E-state index in [0.29, 0.717) is 10.9 Å². The minimum Gasteiger partial charge on any atom is -0.379 e. The Labute approximate surface area is 196 Å². The normalized spacial score (nSPS) is 13.6. The van der Waals surface area contributed by atoms with Crippen molar-refractivity contribution in [3.8, 4) is 6.07 Å². The number of nitrogens with one attached hydrogen (secondary N) is 1. The van der Waals surface area contributed by atoms with Crippen LogP contribution in [0.4, 0.5) is 23.2 Å². The SMILES string of the molecule is N#Cc1ccc(NC(=O)[C@](O)(Cc2cccs2)CS(=O)(=O)c2ccc(F)cc2)cc1C(F)(F)F. The molecule has 0 aliphatic rings. The average Bonchev–Trinajstić information content (AvgIpc) is 3.25. The number of halogens is 4. The summed E-state index contributed by atoms with van der Waals surface area (Å²) in [6.45, 7) is 0. The molecule has 0 bridgehead atoms. The van der Waals surface area contributed by atoms with Gasteiger partial charge in [-0.1, -0.05) is 6.07 Å². The number of carbonyl (C=O) groups excluding carboxylic acids is 1. The number of sulfone groups is 1. The third-order valence-corrected chi connectivity index (χ3v) is 7.50. The van der Waals surface area contributed by atoms with Crippen molar-refractivity contribution in [2.24, 2.45) is 0 Å². The molecule has 178 valence electrons. The fourth-order valence-electron chi connectivity index (χ4n) is 3.14. The number of hydrogen-bond donors (Lipinski definition) is 2. The van der Waals surface area contributed by atoms with E-state index in [4.69, 9.17) is 5.26 Å². The second kappa shape index (κ2) is 9.54. The molecule has 1 amide bonds. The Bertz CT molecular complexity index is 1330. The third-order valence-electron chi connectivity index (χ3n) is 4.77. The first-order chi connectivity index (χ1) is 15.8. The van der Waals surface area contributed by atoms with Gasteiger partial charge in [0.2, 0.25) is 0 Å². The average molecular weight is 513 g/mol. The Hall–Kier alpha value is -3.27. The van der Waals surface area contributed by atoms with E-state index in [1.54, 1.807) is 17.5 Å². The van der Waals surface area contributed by atoms with E-state index >= 15 is 0 Å². The number of hydrogen-bond acceptors (Lipinski definition) is 6. The molecule has 1 aromatic heterocycles. The molecule has 0 saturated carbocycles. The van der Waals surface area contributed by atoms with Crippen LogP contribution >= 0.6 is 11.3 Å². The van der Waals surface area contributed by atoms with Crippen molar-refractivity contribution >= 4 is 32.8 Å². The number of nitriles is 1. The summed E-state index contributed by atoms with van der Waals surface area (Å²) < 4.78 is 78.7. The Morgan fingerprint density at radius 3 is 2.35 bits per heavy atom. The van der Waals surface area contributed by atoms with Gasteiger partial charge in [-0.3, -0.25) is 4.79 Å². The van der Waals surface area contributed by atoms with Crippen LogP contribution in [0, 0.1) is 17.1 Å². The number of alkyl halides is 3. The number of anilines is 1. The maximum atomic E-state index is 13.3. The molecule has 12 heteroatoms. The van der Waals surface area contributed by atoms with E-state index in [1.165, 1.54) is 6.07 Å². The van der Waals surface area contributed by atoms with E-state index < -0.39 is 56.6 Å². The molecule has 2 N–H and O–H groups in total. The van der Waals surface area contributed by atoms with Crippen LogP contribution in [0.3, 0.4) is 0 Å². The van der Waals surface area contributed by atoms with Crippen molar-refractivity contribution in [1.82, 2.24) is 0 Å². The maximum absolute atomic E-state index is 13.3.